The number of rotatable bonds is 4. The summed E-state index contributed by atoms with van der Waals surface area (Å²) in [5.41, 5.74) is 2.37. The Balaban J connectivity index is 1.84. The summed E-state index contributed by atoms with van der Waals surface area (Å²) in [6.45, 7) is 5.06. The third-order valence-electron chi connectivity index (χ3n) is 6.08. The number of amides is 1. The van der Waals surface area contributed by atoms with Crippen LogP contribution in [-0.4, -0.2) is 32.3 Å². The minimum Gasteiger partial charge on any atom is -0.497 e. The molecule has 0 aromatic heterocycles. The molecule has 5 nitrogen and oxygen atoms in total. The van der Waals surface area contributed by atoms with Gasteiger partial charge in [-0.15, -0.1) is 0 Å². The maximum atomic E-state index is 12.5. The molecule has 0 spiro atoms. The molecule has 1 amide bonds. The Morgan fingerprint density at radius 1 is 1.11 bits per heavy atom. The molecule has 2 aliphatic heterocycles. The fourth-order valence-corrected chi connectivity index (χ4v) is 4.50. The van der Waals surface area contributed by atoms with Crippen LogP contribution in [0.3, 0.4) is 0 Å². The van der Waals surface area contributed by atoms with E-state index in [0.29, 0.717) is 13.0 Å². The normalized spacial score (nSPS) is 22.6. The molecule has 0 saturated carbocycles. The zero-order valence-electron chi connectivity index (χ0n) is 16.8. The van der Waals surface area contributed by atoms with Gasteiger partial charge in [0.15, 0.2) is 0 Å². The van der Waals surface area contributed by atoms with Crippen molar-refractivity contribution >= 4 is 17.7 Å². The number of nitrogens with zero attached hydrogens (tertiary/aromatic N) is 1. The van der Waals surface area contributed by atoms with Crippen molar-refractivity contribution in [3.05, 3.63) is 59.7 Å². The molecule has 4 rings (SSSR count). The van der Waals surface area contributed by atoms with Crippen molar-refractivity contribution in [3.63, 3.8) is 0 Å². The van der Waals surface area contributed by atoms with Crippen LogP contribution in [0.2, 0.25) is 0 Å². The van der Waals surface area contributed by atoms with Crippen LogP contribution in [0, 0.1) is 0 Å². The van der Waals surface area contributed by atoms with Gasteiger partial charge in [0.05, 0.1) is 14.2 Å². The number of carbonyl (C=O) groups is 1. The van der Waals surface area contributed by atoms with Gasteiger partial charge in [0, 0.05) is 29.6 Å². The lowest BCUT2D eigenvalue weighted by molar-refractivity contribution is -0.124. The molecule has 146 valence electrons. The zero-order valence-corrected chi connectivity index (χ0v) is 16.8. The van der Waals surface area contributed by atoms with Crippen molar-refractivity contribution in [1.29, 1.82) is 0 Å². The number of hydrogen-bond donors (Lipinski definition) is 1. The lowest BCUT2D eigenvalue weighted by atomic mass is 9.74. The van der Waals surface area contributed by atoms with Gasteiger partial charge in [-0.25, -0.2) is 0 Å². The zero-order chi connectivity index (χ0) is 19.9. The SMILES string of the molecule is COc1ccc(OC)c(/C=C/C23NC(=O)CCN2c2ccccc2C3(C)C)c1. The first-order valence-electron chi connectivity index (χ1n) is 9.52. The number of carbonyl (C=O) groups excluding carboxylic acids is 1. The highest BCUT2D eigenvalue weighted by molar-refractivity contribution is 5.84. The lowest BCUT2D eigenvalue weighted by Crippen LogP contribution is -2.68. The van der Waals surface area contributed by atoms with E-state index in [4.69, 9.17) is 9.47 Å². The van der Waals surface area contributed by atoms with Crippen LogP contribution in [0.5, 0.6) is 11.5 Å². The van der Waals surface area contributed by atoms with Crippen LogP contribution in [-0.2, 0) is 10.2 Å². The molecule has 2 aliphatic rings. The number of methoxy groups -OCH3 is 2. The van der Waals surface area contributed by atoms with Gasteiger partial charge in [0.1, 0.15) is 17.2 Å². The maximum absolute atomic E-state index is 12.5. The topological polar surface area (TPSA) is 50.8 Å². The van der Waals surface area contributed by atoms with Crippen LogP contribution in [0.25, 0.3) is 6.08 Å². The van der Waals surface area contributed by atoms with Gasteiger partial charge in [0.2, 0.25) is 5.91 Å². The minimum absolute atomic E-state index is 0.0689. The van der Waals surface area contributed by atoms with Crippen molar-refractivity contribution in [2.45, 2.75) is 31.3 Å². The molecular formula is C23H26N2O3. The predicted molar refractivity (Wildman–Crippen MR) is 111 cm³/mol. The Bertz CT molecular complexity index is 951. The Morgan fingerprint density at radius 2 is 1.89 bits per heavy atom. The van der Waals surface area contributed by atoms with Gasteiger partial charge in [-0.1, -0.05) is 38.1 Å². The van der Waals surface area contributed by atoms with E-state index in [-0.39, 0.29) is 11.3 Å². The molecular weight excluding hydrogens is 352 g/mol. The molecule has 2 heterocycles. The van der Waals surface area contributed by atoms with E-state index in [1.165, 1.54) is 11.3 Å². The Hall–Kier alpha value is -2.95. The van der Waals surface area contributed by atoms with E-state index < -0.39 is 5.66 Å². The summed E-state index contributed by atoms with van der Waals surface area (Å²) in [6.07, 6.45) is 4.61. The summed E-state index contributed by atoms with van der Waals surface area (Å²) in [6, 6.07) is 14.1. The minimum atomic E-state index is -0.639. The number of ether oxygens (including phenoxy) is 2. The van der Waals surface area contributed by atoms with Crippen LogP contribution in [0.4, 0.5) is 5.69 Å². The molecule has 1 fully saturated rings. The molecule has 0 aliphatic carbocycles. The smallest absolute Gasteiger partial charge is 0.223 e. The average Bonchev–Trinajstić information content (AvgIpc) is 2.90. The first-order chi connectivity index (χ1) is 13.4. The van der Waals surface area contributed by atoms with Crippen LogP contribution in [0.15, 0.2) is 48.5 Å². The highest BCUT2D eigenvalue weighted by Gasteiger charge is 2.57. The standard InChI is InChI=1S/C23H26N2O3/c1-22(2)18-7-5-6-8-19(18)25-14-12-21(26)24-23(22,25)13-11-16-15-17(27-3)9-10-20(16)28-4/h5-11,13,15H,12,14H2,1-4H3,(H,24,26)/b13-11+. The highest BCUT2D eigenvalue weighted by Crippen LogP contribution is 2.52. The lowest BCUT2D eigenvalue weighted by Gasteiger charge is -2.49. The summed E-state index contributed by atoms with van der Waals surface area (Å²) in [5.74, 6) is 1.59. The maximum Gasteiger partial charge on any atom is 0.223 e. The van der Waals surface area contributed by atoms with Crippen molar-refractivity contribution in [3.8, 4) is 11.5 Å². The molecule has 5 heteroatoms. The number of nitrogens with one attached hydrogen (secondary N) is 1. The van der Waals surface area contributed by atoms with Gasteiger partial charge in [-0.2, -0.15) is 0 Å². The second-order valence-corrected chi connectivity index (χ2v) is 7.80. The average molecular weight is 378 g/mol. The molecule has 1 unspecified atom stereocenters. The van der Waals surface area contributed by atoms with Crippen molar-refractivity contribution in [2.24, 2.45) is 0 Å². The second kappa shape index (κ2) is 6.59. The Labute approximate surface area is 165 Å². The van der Waals surface area contributed by atoms with Crippen molar-refractivity contribution in [1.82, 2.24) is 5.32 Å². The quantitative estimate of drug-likeness (QED) is 0.881. The van der Waals surface area contributed by atoms with Gasteiger partial charge >= 0.3 is 0 Å². The Morgan fingerprint density at radius 3 is 2.64 bits per heavy atom. The molecule has 2 aromatic rings. The van der Waals surface area contributed by atoms with Gasteiger partial charge in [-0.05, 0) is 35.9 Å². The van der Waals surface area contributed by atoms with Crippen LogP contribution >= 0.6 is 0 Å². The number of fused-ring (bicyclic) bond motifs is 3. The molecule has 0 radical (unpaired) electrons. The number of anilines is 1. The molecule has 1 saturated heterocycles. The molecule has 2 aromatic carbocycles. The first kappa shape index (κ1) is 18.4. The van der Waals surface area contributed by atoms with Gasteiger partial charge in [-0.3, -0.25) is 4.79 Å². The number of para-hydroxylation sites is 1. The number of benzene rings is 2. The van der Waals surface area contributed by atoms with E-state index >= 15 is 0 Å². The van der Waals surface area contributed by atoms with Crippen molar-refractivity contribution in [2.75, 3.05) is 25.7 Å². The summed E-state index contributed by atoms with van der Waals surface area (Å²) in [5, 5.41) is 3.29. The summed E-state index contributed by atoms with van der Waals surface area (Å²) in [7, 11) is 3.30. The third kappa shape index (κ3) is 2.57. The summed E-state index contributed by atoms with van der Waals surface area (Å²) >= 11 is 0. The molecule has 0 bridgehead atoms. The van der Waals surface area contributed by atoms with Crippen LogP contribution < -0.4 is 19.7 Å². The number of hydrogen-bond acceptors (Lipinski definition) is 4. The summed E-state index contributed by atoms with van der Waals surface area (Å²) < 4.78 is 10.9. The highest BCUT2D eigenvalue weighted by atomic mass is 16.5. The first-order valence-corrected chi connectivity index (χ1v) is 9.52. The molecule has 1 N–H and O–H groups in total. The molecule has 1 atom stereocenters. The van der Waals surface area contributed by atoms with E-state index in [2.05, 4.69) is 54.4 Å². The third-order valence-corrected chi connectivity index (χ3v) is 6.08. The van der Waals surface area contributed by atoms with E-state index in [0.717, 1.165) is 17.1 Å². The fraction of sp³-hybridized carbons (Fsp3) is 0.348. The Kier molecular flexibility index (Phi) is 4.33. The fourth-order valence-electron chi connectivity index (χ4n) is 4.50. The van der Waals surface area contributed by atoms with Gasteiger partial charge < -0.3 is 19.7 Å². The van der Waals surface area contributed by atoms with Gasteiger partial charge in [0.25, 0.3) is 0 Å². The molecule has 28 heavy (non-hydrogen) atoms. The summed E-state index contributed by atoms with van der Waals surface area (Å²) in [4.78, 5) is 14.8. The van der Waals surface area contributed by atoms with Crippen LogP contribution in [0.1, 0.15) is 31.4 Å². The second-order valence-electron chi connectivity index (χ2n) is 7.80. The van der Waals surface area contributed by atoms with Crippen molar-refractivity contribution < 1.29 is 14.3 Å². The largest absolute Gasteiger partial charge is 0.497 e. The van der Waals surface area contributed by atoms with E-state index in [9.17, 15) is 4.79 Å². The predicted octanol–water partition coefficient (Wildman–Crippen LogP) is 3.73. The van der Waals surface area contributed by atoms with E-state index in [1.807, 2.05) is 24.3 Å². The monoisotopic (exact) mass is 378 g/mol. The van der Waals surface area contributed by atoms with E-state index in [1.54, 1.807) is 14.2 Å².